The summed E-state index contributed by atoms with van der Waals surface area (Å²) in [5.41, 5.74) is -0.108. The minimum absolute atomic E-state index is 0.109. The molecule has 1 fully saturated rings. The van der Waals surface area contributed by atoms with Gasteiger partial charge in [-0.25, -0.2) is 0 Å². The fourth-order valence-corrected chi connectivity index (χ4v) is 4.64. The van der Waals surface area contributed by atoms with Crippen LogP contribution in [0.15, 0.2) is 59.9 Å². The van der Waals surface area contributed by atoms with Crippen molar-refractivity contribution in [1.82, 2.24) is 10.2 Å². The molecule has 0 aromatic heterocycles. The second-order valence-electron chi connectivity index (χ2n) is 9.13. The van der Waals surface area contributed by atoms with Gasteiger partial charge in [0.2, 0.25) is 0 Å². The van der Waals surface area contributed by atoms with Crippen molar-refractivity contribution >= 4 is 17.8 Å². The monoisotopic (exact) mass is 518 g/mol. The van der Waals surface area contributed by atoms with Gasteiger partial charge in [0.25, 0.3) is 11.8 Å². The number of benzene rings is 2. The Kier molecular flexibility index (Phi) is 7.26. The Morgan fingerprint density at radius 3 is 2.11 bits per heavy atom. The number of carboxylic acid groups (broad SMARTS) is 1. The van der Waals surface area contributed by atoms with E-state index in [0.717, 1.165) is 12.1 Å². The SMILES string of the molecule is O=C(O)CNC(=O)C1=C(O)C2(CCOCC2)CN(Cc2ccc(-c3ccc(C(F)(F)F)cc3)cc2)C1=O. The Balaban J connectivity index is 1.56. The lowest BCUT2D eigenvalue weighted by Gasteiger charge is -2.44. The van der Waals surface area contributed by atoms with E-state index >= 15 is 0 Å². The van der Waals surface area contributed by atoms with Gasteiger partial charge in [0, 0.05) is 26.3 Å². The lowest BCUT2D eigenvalue weighted by molar-refractivity contribution is -0.140. The molecular weight excluding hydrogens is 493 g/mol. The molecule has 2 heterocycles. The van der Waals surface area contributed by atoms with E-state index in [1.54, 1.807) is 24.3 Å². The molecule has 0 radical (unpaired) electrons. The maximum atomic E-state index is 13.2. The highest BCUT2D eigenvalue weighted by Gasteiger charge is 2.48. The number of hydrogen-bond acceptors (Lipinski definition) is 5. The van der Waals surface area contributed by atoms with E-state index in [1.807, 2.05) is 0 Å². The van der Waals surface area contributed by atoms with Crippen LogP contribution in [-0.4, -0.2) is 59.2 Å². The molecule has 3 N–H and O–H groups in total. The molecule has 196 valence electrons. The van der Waals surface area contributed by atoms with Crippen molar-refractivity contribution in [1.29, 1.82) is 0 Å². The number of carboxylic acids is 1. The molecule has 0 aliphatic carbocycles. The highest BCUT2D eigenvalue weighted by molar-refractivity contribution is 6.19. The zero-order valence-electron chi connectivity index (χ0n) is 19.7. The first-order valence-corrected chi connectivity index (χ1v) is 11.6. The number of hydrogen-bond donors (Lipinski definition) is 3. The number of ether oxygens (including phenoxy) is 1. The van der Waals surface area contributed by atoms with E-state index in [9.17, 15) is 32.7 Å². The molecule has 1 saturated heterocycles. The summed E-state index contributed by atoms with van der Waals surface area (Å²) in [6.07, 6.45) is -3.66. The third-order valence-corrected chi connectivity index (χ3v) is 6.68. The van der Waals surface area contributed by atoms with Crippen LogP contribution in [0.3, 0.4) is 0 Å². The zero-order valence-corrected chi connectivity index (χ0v) is 19.7. The van der Waals surface area contributed by atoms with Crippen molar-refractivity contribution in [2.75, 3.05) is 26.3 Å². The number of rotatable bonds is 6. The van der Waals surface area contributed by atoms with Gasteiger partial charge in [0.15, 0.2) is 0 Å². The Morgan fingerprint density at radius 1 is 1.00 bits per heavy atom. The van der Waals surface area contributed by atoms with E-state index in [-0.39, 0.29) is 18.8 Å². The van der Waals surface area contributed by atoms with Gasteiger partial charge in [-0.2, -0.15) is 13.2 Å². The number of carbonyl (C=O) groups is 3. The molecule has 1 spiro atoms. The largest absolute Gasteiger partial charge is 0.511 e. The maximum Gasteiger partial charge on any atom is 0.416 e. The highest BCUT2D eigenvalue weighted by atomic mass is 19.4. The predicted molar refractivity (Wildman–Crippen MR) is 125 cm³/mol. The fourth-order valence-electron chi connectivity index (χ4n) is 4.64. The van der Waals surface area contributed by atoms with Gasteiger partial charge in [0.05, 0.1) is 11.0 Å². The third kappa shape index (κ3) is 5.61. The minimum Gasteiger partial charge on any atom is -0.511 e. The number of carbonyl (C=O) groups excluding carboxylic acids is 2. The second-order valence-corrected chi connectivity index (χ2v) is 9.13. The summed E-state index contributed by atoms with van der Waals surface area (Å²) < 4.78 is 43.9. The van der Waals surface area contributed by atoms with E-state index < -0.39 is 47.1 Å². The van der Waals surface area contributed by atoms with Crippen LogP contribution >= 0.6 is 0 Å². The van der Waals surface area contributed by atoms with E-state index in [0.29, 0.717) is 42.7 Å². The van der Waals surface area contributed by atoms with E-state index in [1.165, 1.54) is 17.0 Å². The molecule has 8 nitrogen and oxygen atoms in total. The van der Waals surface area contributed by atoms with Crippen LogP contribution < -0.4 is 5.32 Å². The first-order valence-electron chi connectivity index (χ1n) is 11.6. The van der Waals surface area contributed by atoms with Crippen LogP contribution in [0.1, 0.15) is 24.0 Å². The van der Waals surface area contributed by atoms with Gasteiger partial charge in [-0.15, -0.1) is 0 Å². The molecular formula is C26H25F3N2O6. The topological polar surface area (TPSA) is 116 Å². The van der Waals surface area contributed by atoms with Gasteiger partial charge < -0.3 is 25.2 Å². The summed E-state index contributed by atoms with van der Waals surface area (Å²) in [5, 5.41) is 22.0. The minimum atomic E-state index is -4.42. The van der Waals surface area contributed by atoms with Crippen LogP contribution in [0.4, 0.5) is 13.2 Å². The molecule has 2 aromatic rings. The quantitative estimate of drug-likeness (QED) is 0.504. The smallest absolute Gasteiger partial charge is 0.416 e. The standard InChI is InChI=1S/C26H25F3N2O6/c27-26(28,29)19-7-5-18(6-8-19)17-3-1-16(2-4-17)14-31-15-25(9-11-37-12-10-25)22(34)21(24(31)36)23(35)30-13-20(32)33/h1-8,34H,9-15H2,(H,30,35)(H,32,33). The van der Waals surface area contributed by atoms with Gasteiger partial charge in [-0.3, -0.25) is 14.4 Å². The molecule has 2 amide bonds. The molecule has 37 heavy (non-hydrogen) atoms. The number of alkyl halides is 3. The number of amides is 2. The Labute approximate surface area is 210 Å². The summed E-state index contributed by atoms with van der Waals surface area (Å²) in [5.74, 6) is -3.32. The molecule has 2 aliphatic rings. The number of halogens is 3. The summed E-state index contributed by atoms with van der Waals surface area (Å²) >= 11 is 0. The van der Waals surface area contributed by atoms with Gasteiger partial charge in [-0.1, -0.05) is 36.4 Å². The van der Waals surface area contributed by atoms with Crippen molar-refractivity contribution in [3.8, 4) is 11.1 Å². The second kappa shape index (κ2) is 10.3. The molecule has 2 aromatic carbocycles. The van der Waals surface area contributed by atoms with E-state index in [2.05, 4.69) is 5.32 Å². The average Bonchev–Trinajstić information content (AvgIpc) is 2.87. The summed E-state index contributed by atoms with van der Waals surface area (Å²) in [7, 11) is 0. The van der Waals surface area contributed by atoms with Gasteiger partial charge >= 0.3 is 12.1 Å². The van der Waals surface area contributed by atoms with Crippen molar-refractivity contribution in [2.45, 2.75) is 25.6 Å². The molecule has 0 atom stereocenters. The summed E-state index contributed by atoms with van der Waals surface area (Å²) in [6.45, 7) is 0.218. The van der Waals surface area contributed by atoms with Crippen molar-refractivity contribution in [3.63, 3.8) is 0 Å². The maximum absolute atomic E-state index is 13.2. The number of nitrogens with zero attached hydrogens (tertiary/aromatic N) is 1. The molecule has 0 unspecified atom stereocenters. The number of aliphatic carboxylic acids is 1. The highest BCUT2D eigenvalue weighted by Crippen LogP contribution is 2.43. The van der Waals surface area contributed by atoms with Crippen LogP contribution in [0.25, 0.3) is 11.1 Å². The van der Waals surface area contributed by atoms with Crippen LogP contribution in [-0.2, 0) is 31.8 Å². The Hall–Kier alpha value is -3.86. The Morgan fingerprint density at radius 2 is 1.57 bits per heavy atom. The summed E-state index contributed by atoms with van der Waals surface area (Å²) in [6, 6.07) is 11.7. The predicted octanol–water partition coefficient (Wildman–Crippen LogP) is 3.52. The fraction of sp³-hybridized carbons (Fsp3) is 0.346. The average molecular weight is 518 g/mol. The van der Waals surface area contributed by atoms with Gasteiger partial charge in [-0.05, 0) is 41.7 Å². The lowest BCUT2D eigenvalue weighted by atomic mass is 9.73. The zero-order chi connectivity index (χ0) is 26.8. The first kappa shape index (κ1) is 26.2. The number of aliphatic hydroxyl groups is 1. The van der Waals surface area contributed by atoms with Crippen LogP contribution in [0.2, 0.25) is 0 Å². The van der Waals surface area contributed by atoms with Crippen LogP contribution in [0, 0.1) is 5.41 Å². The van der Waals surface area contributed by atoms with E-state index in [4.69, 9.17) is 9.84 Å². The third-order valence-electron chi connectivity index (χ3n) is 6.68. The number of nitrogens with one attached hydrogen (secondary N) is 1. The molecule has 11 heteroatoms. The number of aliphatic hydroxyl groups excluding tert-OH is 1. The molecule has 2 aliphatic heterocycles. The summed E-state index contributed by atoms with van der Waals surface area (Å²) in [4.78, 5) is 38.2. The lowest BCUT2D eigenvalue weighted by Crippen LogP contribution is -2.52. The molecule has 4 rings (SSSR count). The van der Waals surface area contributed by atoms with Crippen molar-refractivity contribution < 1.29 is 42.5 Å². The van der Waals surface area contributed by atoms with Gasteiger partial charge in [0.1, 0.15) is 17.9 Å². The molecule has 0 bridgehead atoms. The molecule has 0 saturated carbocycles. The Bertz CT molecular complexity index is 1220. The van der Waals surface area contributed by atoms with Crippen LogP contribution in [0.5, 0.6) is 0 Å². The normalized spacial score (nSPS) is 17.7. The first-order chi connectivity index (χ1) is 17.5. The van der Waals surface area contributed by atoms with Crippen molar-refractivity contribution in [3.05, 3.63) is 71.0 Å². The van der Waals surface area contributed by atoms with Crippen molar-refractivity contribution in [2.24, 2.45) is 5.41 Å².